The van der Waals surface area contributed by atoms with Crippen molar-refractivity contribution < 1.29 is 15.0 Å². The van der Waals surface area contributed by atoms with E-state index in [9.17, 15) is 4.79 Å². The number of unbranched alkanes of at least 4 members (excludes halogenated alkanes) is 1. The average molecular weight is 175 g/mol. The molecular weight excluding hydrogens is 158 g/mol. The van der Waals surface area contributed by atoms with Gasteiger partial charge < -0.3 is 10.2 Å². The van der Waals surface area contributed by atoms with Crippen LogP contribution >= 0.6 is 0 Å². The topological polar surface area (TPSA) is 60.8 Å². The highest BCUT2D eigenvalue weighted by Crippen LogP contribution is 1.98. The summed E-state index contributed by atoms with van der Waals surface area (Å²) in [6, 6.07) is 0. The van der Waals surface area contributed by atoms with Gasteiger partial charge in [0, 0.05) is 6.54 Å². The average Bonchev–Trinajstić information content (AvgIpc) is 1.96. The number of hydrogen-bond acceptors (Lipinski definition) is 3. The van der Waals surface area contributed by atoms with E-state index in [0.717, 1.165) is 12.8 Å². The highest BCUT2D eigenvalue weighted by molar-refractivity contribution is 5.69. The van der Waals surface area contributed by atoms with Gasteiger partial charge in [-0.2, -0.15) is 0 Å². The molecule has 0 fully saturated rings. The maximum absolute atomic E-state index is 10.3. The molecule has 0 aromatic rings. The van der Waals surface area contributed by atoms with Gasteiger partial charge >= 0.3 is 5.97 Å². The van der Waals surface area contributed by atoms with E-state index in [-0.39, 0.29) is 6.54 Å². The largest absolute Gasteiger partial charge is 0.480 e. The molecule has 12 heavy (non-hydrogen) atoms. The van der Waals surface area contributed by atoms with Crippen LogP contribution in [0.1, 0.15) is 26.7 Å². The SMILES string of the molecule is CCCCN(CC(=O)O)C(C)O. The Morgan fingerprint density at radius 3 is 2.50 bits per heavy atom. The molecule has 0 amide bonds. The van der Waals surface area contributed by atoms with Gasteiger partial charge in [-0.1, -0.05) is 13.3 Å². The third kappa shape index (κ3) is 5.09. The third-order valence-electron chi connectivity index (χ3n) is 1.67. The molecule has 0 aliphatic carbocycles. The van der Waals surface area contributed by atoms with Gasteiger partial charge in [-0.15, -0.1) is 0 Å². The third-order valence-corrected chi connectivity index (χ3v) is 1.67. The predicted molar refractivity (Wildman–Crippen MR) is 45.8 cm³/mol. The monoisotopic (exact) mass is 175 g/mol. The molecule has 0 radical (unpaired) electrons. The molecule has 0 aliphatic rings. The van der Waals surface area contributed by atoms with Gasteiger partial charge in [0.15, 0.2) is 0 Å². The van der Waals surface area contributed by atoms with Gasteiger partial charge in [0.2, 0.25) is 0 Å². The first-order chi connectivity index (χ1) is 5.57. The van der Waals surface area contributed by atoms with Crippen molar-refractivity contribution in [3.8, 4) is 0 Å². The lowest BCUT2D eigenvalue weighted by atomic mass is 10.3. The molecule has 0 saturated carbocycles. The number of nitrogens with zero attached hydrogens (tertiary/aromatic N) is 1. The van der Waals surface area contributed by atoms with Crippen LogP contribution in [-0.2, 0) is 4.79 Å². The Balaban J connectivity index is 3.78. The summed E-state index contributed by atoms with van der Waals surface area (Å²) in [5.74, 6) is -0.896. The number of carboxylic acid groups (broad SMARTS) is 1. The Kier molecular flexibility index (Phi) is 5.66. The number of aliphatic hydroxyl groups excluding tert-OH is 1. The lowest BCUT2D eigenvalue weighted by Gasteiger charge is -2.22. The van der Waals surface area contributed by atoms with Crippen LogP contribution in [0.2, 0.25) is 0 Å². The summed E-state index contributed by atoms with van der Waals surface area (Å²) in [4.78, 5) is 11.9. The maximum Gasteiger partial charge on any atom is 0.317 e. The molecule has 0 saturated heterocycles. The Morgan fingerprint density at radius 1 is 1.58 bits per heavy atom. The molecule has 1 atom stereocenters. The molecular formula is C8H17NO3. The molecule has 0 aromatic carbocycles. The predicted octanol–water partition coefficient (Wildman–Crippen LogP) is 0.511. The minimum absolute atomic E-state index is 0.0856. The molecule has 0 bridgehead atoms. The Hall–Kier alpha value is -0.610. The summed E-state index contributed by atoms with van der Waals surface area (Å²) in [5.41, 5.74) is 0. The summed E-state index contributed by atoms with van der Waals surface area (Å²) in [6.07, 6.45) is 1.24. The van der Waals surface area contributed by atoms with Gasteiger partial charge in [0.1, 0.15) is 6.23 Å². The van der Waals surface area contributed by atoms with E-state index in [2.05, 4.69) is 0 Å². The standard InChI is InChI=1S/C8H17NO3/c1-3-4-5-9(7(2)10)6-8(11)12/h7,10H,3-6H2,1-2H3,(H,11,12). The molecule has 4 heteroatoms. The summed E-state index contributed by atoms with van der Waals surface area (Å²) >= 11 is 0. The zero-order valence-corrected chi connectivity index (χ0v) is 7.66. The zero-order valence-electron chi connectivity index (χ0n) is 7.66. The van der Waals surface area contributed by atoms with Crippen molar-refractivity contribution in [3.05, 3.63) is 0 Å². The van der Waals surface area contributed by atoms with Crippen molar-refractivity contribution in [3.63, 3.8) is 0 Å². The van der Waals surface area contributed by atoms with Crippen molar-refractivity contribution in [2.75, 3.05) is 13.1 Å². The number of rotatable bonds is 6. The van der Waals surface area contributed by atoms with Crippen LogP contribution in [0.25, 0.3) is 0 Å². The highest BCUT2D eigenvalue weighted by atomic mass is 16.4. The van der Waals surface area contributed by atoms with Crippen LogP contribution in [0.15, 0.2) is 0 Å². The van der Waals surface area contributed by atoms with Crippen molar-refractivity contribution in [2.24, 2.45) is 0 Å². The van der Waals surface area contributed by atoms with E-state index in [1.165, 1.54) is 4.90 Å². The smallest absolute Gasteiger partial charge is 0.317 e. The molecule has 0 heterocycles. The first-order valence-corrected chi connectivity index (χ1v) is 4.21. The summed E-state index contributed by atoms with van der Waals surface area (Å²) in [5, 5.41) is 17.6. The normalized spacial score (nSPS) is 13.3. The van der Waals surface area contributed by atoms with Crippen molar-refractivity contribution >= 4 is 5.97 Å². The van der Waals surface area contributed by atoms with Crippen LogP contribution in [0.3, 0.4) is 0 Å². The molecule has 0 aromatic heterocycles. The number of aliphatic carboxylic acids is 1. The second-order valence-electron chi connectivity index (χ2n) is 2.85. The molecule has 2 N–H and O–H groups in total. The Labute approximate surface area is 72.8 Å². The van der Waals surface area contributed by atoms with E-state index in [0.29, 0.717) is 6.54 Å². The molecule has 4 nitrogen and oxygen atoms in total. The van der Waals surface area contributed by atoms with E-state index < -0.39 is 12.2 Å². The van der Waals surface area contributed by atoms with E-state index in [4.69, 9.17) is 10.2 Å². The Bertz CT molecular complexity index is 136. The van der Waals surface area contributed by atoms with Crippen molar-refractivity contribution in [1.82, 2.24) is 4.90 Å². The van der Waals surface area contributed by atoms with Gasteiger partial charge in [-0.3, -0.25) is 9.69 Å². The molecule has 0 rings (SSSR count). The second kappa shape index (κ2) is 5.97. The van der Waals surface area contributed by atoms with Gasteiger partial charge in [-0.05, 0) is 13.3 Å². The number of carbonyl (C=O) groups is 1. The van der Waals surface area contributed by atoms with Crippen LogP contribution in [0.5, 0.6) is 0 Å². The van der Waals surface area contributed by atoms with Gasteiger partial charge in [0.25, 0.3) is 0 Å². The van der Waals surface area contributed by atoms with E-state index >= 15 is 0 Å². The fraction of sp³-hybridized carbons (Fsp3) is 0.875. The molecule has 0 spiro atoms. The summed E-state index contributed by atoms with van der Waals surface area (Å²) < 4.78 is 0. The number of carboxylic acids is 1. The van der Waals surface area contributed by atoms with Crippen LogP contribution in [-0.4, -0.2) is 40.4 Å². The minimum atomic E-state index is -0.896. The maximum atomic E-state index is 10.3. The van der Waals surface area contributed by atoms with Gasteiger partial charge in [-0.25, -0.2) is 0 Å². The Morgan fingerprint density at radius 2 is 2.17 bits per heavy atom. The zero-order chi connectivity index (χ0) is 9.56. The minimum Gasteiger partial charge on any atom is -0.480 e. The first-order valence-electron chi connectivity index (χ1n) is 4.21. The van der Waals surface area contributed by atoms with Crippen molar-refractivity contribution in [2.45, 2.75) is 32.9 Å². The highest BCUT2D eigenvalue weighted by Gasteiger charge is 2.12. The fourth-order valence-corrected chi connectivity index (χ4v) is 0.933. The molecule has 72 valence electrons. The van der Waals surface area contributed by atoms with Gasteiger partial charge in [0.05, 0.1) is 6.54 Å². The van der Waals surface area contributed by atoms with E-state index in [1.54, 1.807) is 6.92 Å². The lowest BCUT2D eigenvalue weighted by Crippen LogP contribution is -2.37. The summed E-state index contributed by atoms with van der Waals surface area (Å²) in [6.45, 7) is 4.16. The van der Waals surface area contributed by atoms with E-state index in [1.807, 2.05) is 6.92 Å². The molecule has 1 unspecified atom stereocenters. The van der Waals surface area contributed by atoms with Crippen molar-refractivity contribution in [1.29, 1.82) is 0 Å². The van der Waals surface area contributed by atoms with Crippen LogP contribution < -0.4 is 0 Å². The molecule has 0 aliphatic heterocycles. The number of aliphatic hydroxyl groups is 1. The number of hydrogen-bond donors (Lipinski definition) is 2. The lowest BCUT2D eigenvalue weighted by molar-refractivity contribution is -0.141. The quantitative estimate of drug-likeness (QED) is 0.577. The van der Waals surface area contributed by atoms with Crippen LogP contribution in [0, 0.1) is 0 Å². The second-order valence-corrected chi connectivity index (χ2v) is 2.85. The summed E-state index contributed by atoms with van der Waals surface area (Å²) in [7, 11) is 0. The van der Waals surface area contributed by atoms with Crippen LogP contribution in [0.4, 0.5) is 0 Å². The fourth-order valence-electron chi connectivity index (χ4n) is 0.933. The first kappa shape index (κ1) is 11.4.